The van der Waals surface area contributed by atoms with Gasteiger partial charge < -0.3 is 19.9 Å². The number of hydrogen-bond donors (Lipinski definition) is 2. The number of nitrogens with one attached hydrogen (secondary N) is 1. The Hall–Kier alpha value is -0.440. The summed E-state index contributed by atoms with van der Waals surface area (Å²) < 4.78 is 10.4. The van der Waals surface area contributed by atoms with Crippen LogP contribution in [0.1, 0.15) is 38.5 Å². The van der Waals surface area contributed by atoms with Crippen LogP contribution >= 0.6 is 21.6 Å². The average molecular weight is 366 g/mol. The second-order valence-electron chi connectivity index (χ2n) is 5.29. The molecule has 2 N–H and O–H groups in total. The highest BCUT2D eigenvalue weighted by Gasteiger charge is 2.15. The summed E-state index contributed by atoms with van der Waals surface area (Å²) in [4.78, 5) is 21.9. The van der Waals surface area contributed by atoms with E-state index in [1.165, 1.54) is 18.6 Å². The number of ether oxygens (including phenoxy) is 2. The molecule has 1 saturated heterocycles. The molecule has 23 heavy (non-hydrogen) atoms. The van der Waals surface area contributed by atoms with Gasteiger partial charge in [0.25, 0.3) is 0 Å². The normalized spacial score (nSPS) is 17.3. The number of aliphatic carboxylic acids is 1. The fraction of sp³-hybridized carbons (Fsp3) is 0.867. The predicted octanol–water partition coefficient (Wildman–Crippen LogP) is 2.32. The number of rotatable bonds is 14. The Morgan fingerprint density at radius 3 is 2.57 bits per heavy atom. The summed E-state index contributed by atoms with van der Waals surface area (Å²) in [6.45, 7) is 1.94. The quantitative estimate of drug-likeness (QED) is 0.361. The molecule has 1 unspecified atom stereocenters. The summed E-state index contributed by atoms with van der Waals surface area (Å²) in [6, 6.07) is 0. The standard InChI is InChI=1S/C15H27NO5S2/c17-14(4-2-1-3-13-6-12-22-23-13)16-7-9-21-11-10-20-8-5-15(18)19/h13H,1-12H2,(H,16,17)(H,18,19). The summed E-state index contributed by atoms with van der Waals surface area (Å²) >= 11 is 0. The van der Waals surface area contributed by atoms with Crippen LogP contribution in [0.2, 0.25) is 0 Å². The SMILES string of the molecule is O=C(O)CCOCCOCCNC(=O)CCCCC1CCSS1. The maximum absolute atomic E-state index is 11.6. The molecule has 134 valence electrons. The third-order valence-corrected chi connectivity index (χ3v) is 6.31. The highest BCUT2D eigenvalue weighted by Crippen LogP contribution is 2.39. The molecule has 0 aliphatic carbocycles. The number of carbonyl (C=O) groups excluding carboxylic acids is 1. The van der Waals surface area contributed by atoms with Gasteiger partial charge in [0, 0.05) is 24.0 Å². The Kier molecular flexibility index (Phi) is 12.5. The van der Waals surface area contributed by atoms with E-state index in [1.54, 1.807) is 0 Å². The van der Waals surface area contributed by atoms with E-state index in [1.807, 2.05) is 21.6 Å². The van der Waals surface area contributed by atoms with E-state index in [2.05, 4.69) is 5.32 Å². The van der Waals surface area contributed by atoms with Crippen LogP contribution in [0.15, 0.2) is 0 Å². The number of amides is 1. The molecule has 0 radical (unpaired) electrons. The van der Waals surface area contributed by atoms with Gasteiger partial charge in [-0.3, -0.25) is 9.59 Å². The first kappa shape index (κ1) is 20.6. The maximum atomic E-state index is 11.6. The lowest BCUT2D eigenvalue weighted by molar-refractivity contribution is -0.138. The van der Waals surface area contributed by atoms with Crippen molar-refractivity contribution < 1.29 is 24.2 Å². The van der Waals surface area contributed by atoms with Gasteiger partial charge in [0.05, 0.1) is 32.8 Å². The summed E-state index contributed by atoms with van der Waals surface area (Å²) in [5, 5.41) is 12.0. The van der Waals surface area contributed by atoms with Gasteiger partial charge in [-0.2, -0.15) is 0 Å². The second-order valence-corrected chi connectivity index (χ2v) is 8.08. The van der Waals surface area contributed by atoms with Crippen LogP contribution < -0.4 is 5.32 Å². The van der Waals surface area contributed by atoms with Gasteiger partial charge in [0.2, 0.25) is 5.91 Å². The van der Waals surface area contributed by atoms with E-state index in [0.717, 1.165) is 18.1 Å². The van der Waals surface area contributed by atoms with Crippen LogP contribution in [-0.4, -0.2) is 61.0 Å². The zero-order valence-corrected chi connectivity index (χ0v) is 15.1. The number of unbranched alkanes of at least 4 members (excludes halogenated alkanes) is 1. The van der Waals surface area contributed by atoms with Crippen molar-refractivity contribution in [3.63, 3.8) is 0 Å². The van der Waals surface area contributed by atoms with Crippen LogP contribution in [-0.2, 0) is 19.1 Å². The topological polar surface area (TPSA) is 84.9 Å². The minimum absolute atomic E-state index is 0.00826. The van der Waals surface area contributed by atoms with Gasteiger partial charge in [-0.1, -0.05) is 28.0 Å². The first-order valence-corrected chi connectivity index (χ1v) is 10.5. The fourth-order valence-corrected chi connectivity index (χ4v) is 5.08. The molecule has 0 aromatic heterocycles. The zero-order chi connectivity index (χ0) is 16.8. The van der Waals surface area contributed by atoms with Crippen LogP contribution in [0.4, 0.5) is 0 Å². The molecule has 0 spiro atoms. The Morgan fingerprint density at radius 1 is 1.09 bits per heavy atom. The van der Waals surface area contributed by atoms with Crippen molar-refractivity contribution in [2.75, 3.05) is 38.7 Å². The van der Waals surface area contributed by atoms with Crippen LogP contribution in [0.3, 0.4) is 0 Å². The molecule has 1 aliphatic rings. The number of carboxylic acids is 1. The monoisotopic (exact) mass is 365 g/mol. The zero-order valence-electron chi connectivity index (χ0n) is 13.5. The van der Waals surface area contributed by atoms with Crippen molar-refractivity contribution in [1.29, 1.82) is 0 Å². The average Bonchev–Trinajstić information content (AvgIpc) is 3.03. The van der Waals surface area contributed by atoms with E-state index in [-0.39, 0.29) is 18.9 Å². The van der Waals surface area contributed by atoms with Crippen molar-refractivity contribution in [2.24, 2.45) is 0 Å². The molecular weight excluding hydrogens is 338 g/mol. The third-order valence-electron chi connectivity index (χ3n) is 3.31. The molecular formula is C15H27NO5S2. The molecule has 0 aromatic rings. The Balaban J connectivity index is 1.78. The van der Waals surface area contributed by atoms with Gasteiger partial charge in [-0.25, -0.2) is 0 Å². The largest absolute Gasteiger partial charge is 0.481 e. The Bertz CT molecular complexity index is 338. The molecule has 1 fully saturated rings. The minimum Gasteiger partial charge on any atom is -0.481 e. The molecule has 0 bridgehead atoms. The van der Waals surface area contributed by atoms with Crippen LogP contribution in [0, 0.1) is 0 Å². The van der Waals surface area contributed by atoms with E-state index in [9.17, 15) is 9.59 Å². The molecule has 1 heterocycles. The lowest BCUT2D eigenvalue weighted by Gasteiger charge is -2.08. The summed E-state index contributed by atoms with van der Waals surface area (Å²) in [7, 11) is 3.95. The summed E-state index contributed by atoms with van der Waals surface area (Å²) in [6.07, 6.45) is 5.19. The molecule has 1 atom stereocenters. The van der Waals surface area contributed by atoms with E-state index >= 15 is 0 Å². The van der Waals surface area contributed by atoms with Crippen molar-refractivity contribution in [1.82, 2.24) is 5.32 Å². The van der Waals surface area contributed by atoms with Crippen LogP contribution in [0.25, 0.3) is 0 Å². The predicted molar refractivity (Wildman–Crippen MR) is 93.8 cm³/mol. The van der Waals surface area contributed by atoms with Gasteiger partial charge >= 0.3 is 5.97 Å². The highest BCUT2D eigenvalue weighted by molar-refractivity contribution is 8.77. The number of hydrogen-bond acceptors (Lipinski definition) is 6. The lowest BCUT2D eigenvalue weighted by Crippen LogP contribution is -2.27. The smallest absolute Gasteiger partial charge is 0.305 e. The minimum atomic E-state index is -0.866. The van der Waals surface area contributed by atoms with E-state index in [0.29, 0.717) is 32.8 Å². The van der Waals surface area contributed by atoms with Gasteiger partial charge in [-0.15, -0.1) is 0 Å². The first-order chi connectivity index (χ1) is 11.2. The molecule has 6 nitrogen and oxygen atoms in total. The van der Waals surface area contributed by atoms with E-state index in [4.69, 9.17) is 14.6 Å². The number of carbonyl (C=O) groups is 2. The van der Waals surface area contributed by atoms with E-state index < -0.39 is 5.97 Å². The van der Waals surface area contributed by atoms with Crippen molar-refractivity contribution in [3.8, 4) is 0 Å². The van der Waals surface area contributed by atoms with Gasteiger partial charge in [0.1, 0.15) is 0 Å². The third kappa shape index (κ3) is 12.6. The summed E-state index contributed by atoms with van der Waals surface area (Å²) in [5.74, 6) is 0.481. The van der Waals surface area contributed by atoms with Crippen LogP contribution in [0.5, 0.6) is 0 Å². The fourth-order valence-electron chi connectivity index (χ4n) is 2.05. The Labute approximate surface area is 145 Å². The van der Waals surface area contributed by atoms with Crippen molar-refractivity contribution in [3.05, 3.63) is 0 Å². The second kappa shape index (κ2) is 13.9. The highest BCUT2D eigenvalue weighted by atomic mass is 33.1. The first-order valence-electron chi connectivity index (χ1n) is 8.10. The van der Waals surface area contributed by atoms with Gasteiger partial charge in [-0.05, 0) is 19.3 Å². The van der Waals surface area contributed by atoms with Crippen molar-refractivity contribution in [2.45, 2.75) is 43.8 Å². The molecule has 1 amide bonds. The van der Waals surface area contributed by atoms with Gasteiger partial charge in [0.15, 0.2) is 0 Å². The molecule has 0 saturated carbocycles. The number of carboxylic acid groups (broad SMARTS) is 1. The summed E-state index contributed by atoms with van der Waals surface area (Å²) in [5.41, 5.74) is 0. The molecule has 1 aliphatic heterocycles. The molecule has 0 aromatic carbocycles. The molecule has 8 heteroatoms. The maximum Gasteiger partial charge on any atom is 0.305 e. The van der Waals surface area contributed by atoms with Crippen molar-refractivity contribution >= 4 is 33.5 Å². The lowest BCUT2D eigenvalue weighted by atomic mass is 10.1. The molecule has 1 rings (SSSR count). The Morgan fingerprint density at radius 2 is 1.87 bits per heavy atom.